The number of hydrogen-bond acceptors (Lipinski definition) is 5. The van der Waals surface area contributed by atoms with Crippen LogP contribution in [0.2, 0.25) is 0 Å². The van der Waals surface area contributed by atoms with Crippen molar-refractivity contribution in [2.75, 3.05) is 19.0 Å². The minimum absolute atomic E-state index is 0.148. The highest BCUT2D eigenvalue weighted by Gasteiger charge is 2.14. The first-order valence-electron chi connectivity index (χ1n) is 9.69. The Labute approximate surface area is 174 Å². The number of phenolic OH excluding ortho intramolecular Hbond substituents is 1. The number of ether oxygens (including phenoxy) is 1. The molecule has 7 nitrogen and oxygen atoms in total. The lowest BCUT2D eigenvalue weighted by molar-refractivity contribution is 0.188. The Hall–Kier alpha value is -3.58. The van der Waals surface area contributed by atoms with Gasteiger partial charge in [0.1, 0.15) is 5.75 Å². The van der Waals surface area contributed by atoms with Gasteiger partial charge < -0.3 is 19.7 Å². The zero-order valence-corrected chi connectivity index (χ0v) is 17.2. The zero-order chi connectivity index (χ0) is 21.3. The number of aromatic hydroxyl groups is 1. The lowest BCUT2D eigenvalue weighted by Crippen LogP contribution is -2.22. The second-order valence-electron chi connectivity index (χ2n) is 7.21. The topological polar surface area (TPSA) is 81.3 Å². The van der Waals surface area contributed by atoms with Crippen molar-refractivity contribution < 1.29 is 9.84 Å². The van der Waals surface area contributed by atoms with Crippen LogP contribution in [0.5, 0.6) is 5.75 Å². The summed E-state index contributed by atoms with van der Waals surface area (Å²) in [7, 11) is 3.31. The summed E-state index contributed by atoms with van der Waals surface area (Å²) >= 11 is 0. The molecule has 0 bridgehead atoms. The Morgan fingerprint density at radius 1 is 1.17 bits per heavy atom. The number of hydrogen-bond donors (Lipinski definition) is 2. The fourth-order valence-corrected chi connectivity index (χ4v) is 3.61. The summed E-state index contributed by atoms with van der Waals surface area (Å²) in [6.45, 7) is 3.07. The Balaban J connectivity index is 1.89. The van der Waals surface area contributed by atoms with Crippen LogP contribution in [0, 0.1) is 6.92 Å². The van der Waals surface area contributed by atoms with E-state index >= 15 is 0 Å². The largest absolute Gasteiger partial charge is 0.507 e. The Morgan fingerprint density at radius 3 is 2.73 bits per heavy atom. The van der Waals surface area contributed by atoms with Crippen molar-refractivity contribution in [3.8, 4) is 16.9 Å². The van der Waals surface area contributed by atoms with Crippen molar-refractivity contribution in [3.63, 3.8) is 0 Å². The van der Waals surface area contributed by atoms with E-state index in [-0.39, 0.29) is 11.3 Å². The second kappa shape index (κ2) is 8.04. The van der Waals surface area contributed by atoms with Crippen LogP contribution in [0.1, 0.15) is 5.56 Å². The maximum Gasteiger partial charge on any atom is 0.271 e. The molecule has 0 saturated heterocycles. The van der Waals surface area contributed by atoms with Crippen molar-refractivity contribution >= 4 is 22.3 Å². The predicted molar refractivity (Wildman–Crippen MR) is 118 cm³/mol. The van der Waals surface area contributed by atoms with Crippen LogP contribution < -0.4 is 10.9 Å². The van der Waals surface area contributed by atoms with E-state index in [0.29, 0.717) is 24.4 Å². The van der Waals surface area contributed by atoms with Gasteiger partial charge in [-0.25, -0.2) is 4.68 Å². The summed E-state index contributed by atoms with van der Waals surface area (Å²) in [6, 6.07) is 13.3. The molecule has 30 heavy (non-hydrogen) atoms. The molecule has 0 aliphatic rings. The van der Waals surface area contributed by atoms with Crippen LogP contribution in [0.3, 0.4) is 0 Å². The molecule has 4 aromatic rings. The van der Waals surface area contributed by atoms with Gasteiger partial charge in [0.2, 0.25) is 0 Å². The zero-order valence-electron chi connectivity index (χ0n) is 17.2. The van der Waals surface area contributed by atoms with E-state index in [1.54, 1.807) is 39.4 Å². The molecule has 0 fully saturated rings. The van der Waals surface area contributed by atoms with Crippen LogP contribution >= 0.6 is 0 Å². The van der Waals surface area contributed by atoms with Crippen LogP contribution in [0.4, 0.5) is 11.4 Å². The van der Waals surface area contributed by atoms with Gasteiger partial charge >= 0.3 is 0 Å². The predicted octanol–water partition coefficient (Wildman–Crippen LogP) is 3.81. The highest BCUT2D eigenvalue weighted by molar-refractivity contribution is 5.99. The maximum absolute atomic E-state index is 12.3. The SMILES string of the molecule is COCCn1ccc2c(-c3ccccc3O)cc(Nc3cnn(C)c(=O)c3C)cc21. The van der Waals surface area contributed by atoms with Crippen molar-refractivity contribution in [1.82, 2.24) is 14.3 Å². The number of aryl methyl sites for hydroxylation is 1. The average Bonchev–Trinajstić information content (AvgIpc) is 3.15. The quantitative estimate of drug-likeness (QED) is 0.511. The number of para-hydroxylation sites is 1. The number of rotatable bonds is 6. The monoisotopic (exact) mass is 404 g/mol. The molecule has 0 saturated carbocycles. The van der Waals surface area contributed by atoms with Gasteiger partial charge in [-0.2, -0.15) is 5.10 Å². The molecule has 0 aliphatic carbocycles. The average molecular weight is 404 g/mol. The Morgan fingerprint density at radius 2 is 1.97 bits per heavy atom. The Bertz CT molecular complexity index is 1270. The molecule has 0 spiro atoms. The highest BCUT2D eigenvalue weighted by atomic mass is 16.5. The van der Waals surface area contributed by atoms with Crippen LogP contribution in [-0.2, 0) is 18.3 Å². The minimum Gasteiger partial charge on any atom is -0.507 e. The number of nitrogens with zero attached hydrogens (tertiary/aromatic N) is 3. The van der Waals surface area contributed by atoms with Crippen molar-refractivity contribution in [2.24, 2.45) is 7.05 Å². The molecule has 0 atom stereocenters. The van der Waals surface area contributed by atoms with E-state index in [4.69, 9.17) is 4.74 Å². The highest BCUT2D eigenvalue weighted by Crippen LogP contribution is 2.38. The summed E-state index contributed by atoms with van der Waals surface area (Å²) < 4.78 is 8.67. The van der Waals surface area contributed by atoms with Crippen LogP contribution in [0.25, 0.3) is 22.0 Å². The molecule has 154 valence electrons. The van der Waals surface area contributed by atoms with Gasteiger partial charge in [0.15, 0.2) is 0 Å². The van der Waals surface area contributed by atoms with Crippen molar-refractivity contribution in [3.05, 3.63) is 70.8 Å². The normalized spacial score (nSPS) is 11.2. The van der Waals surface area contributed by atoms with E-state index in [1.165, 1.54) is 4.68 Å². The molecule has 2 heterocycles. The van der Waals surface area contributed by atoms with E-state index < -0.39 is 0 Å². The van der Waals surface area contributed by atoms with E-state index in [9.17, 15) is 9.90 Å². The van der Waals surface area contributed by atoms with Gasteiger partial charge in [-0.05, 0) is 36.8 Å². The van der Waals surface area contributed by atoms with Gasteiger partial charge in [0.25, 0.3) is 5.56 Å². The third kappa shape index (κ3) is 3.55. The van der Waals surface area contributed by atoms with E-state index in [1.807, 2.05) is 36.5 Å². The first-order valence-corrected chi connectivity index (χ1v) is 9.69. The first kappa shape index (κ1) is 19.7. The lowest BCUT2D eigenvalue weighted by atomic mass is 10.00. The molecular formula is C23H24N4O3. The smallest absolute Gasteiger partial charge is 0.271 e. The lowest BCUT2D eigenvalue weighted by Gasteiger charge is -2.14. The summed E-state index contributed by atoms with van der Waals surface area (Å²) in [4.78, 5) is 12.3. The van der Waals surface area contributed by atoms with Crippen LogP contribution in [-0.4, -0.2) is 33.2 Å². The molecule has 2 aromatic carbocycles. The van der Waals surface area contributed by atoms with E-state index in [0.717, 1.165) is 27.7 Å². The van der Waals surface area contributed by atoms with Gasteiger partial charge in [0.05, 0.1) is 24.0 Å². The molecule has 0 amide bonds. The number of phenols is 1. The Kier molecular flexibility index (Phi) is 5.29. The van der Waals surface area contributed by atoms with Gasteiger partial charge in [-0.3, -0.25) is 4.79 Å². The number of aromatic nitrogens is 3. The second-order valence-corrected chi connectivity index (χ2v) is 7.21. The third-order valence-corrected chi connectivity index (χ3v) is 5.28. The number of fused-ring (bicyclic) bond motifs is 1. The standard InChI is InChI=1S/C23H24N4O3/c1-15-20(14-24-26(2)23(15)29)25-16-12-19(18-6-4-5-7-22(18)28)17-8-9-27(10-11-30-3)21(17)13-16/h4-9,12-14,25,28H,10-11H2,1-3H3. The van der Waals surface area contributed by atoms with Gasteiger partial charge in [-0.1, -0.05) is 18.2 Å². The van der Waals surface area contributed by atoms with Gasteiger partial charge in [0, 0.05) is 49.1 Å². The molecule has 0 aliphatic heterocycles. The molecule has 0 radical (unpaired) electrons. The van der Waals surface area contributed by atoms with Crippen molar-refractivity contribution in [1.29, 1.82) is 0 Å². The molecule has 0 unspecified atom stereocenters. The summed E-state index contributed by atoms with van der Waals surface area (Å²) in [6.07, 6.45) is 3.66. The fourth-order valence-electron chi connectivity index (χ4n) is 3.61. The summed E-state index contributed by atoms with van der Waals surface area (Å²) in [5, 5.41) is 18.9. The minimum atomic E-state index is -0.148. The van der Waals surface area contributed by atoms with Crippen molar-refractivity contribution in [2.45, 2.75) is 13.5 Å². The fraction of sp³-hybridized carbons (Fsp3) is 0.217. The number of benzene rings is 2. The summed E-state index contributed by atoms with van der Waals surface area (Å²) in [5.74, 6) is 0.215. The maximum atomic E-state index is 12.3. The molecule has 7 heteroatoms. The number of nitrogens with one attached hydrogen (secondary N) is 1. The van der Waals surface area contributed by atoms with E-state index in [2.05, 4.69) is 15.0 Å². The first-order chi connectivity index (χ1) is 14.5. The number of methoxy groups -OCH3 is 1. The molecular weight excluding hydrogens is 380 g/mol. The number of anilines is 2. The molecule has 2 N–H and O–H groups in total. The van der Waals surface area contributed by atoms with Gasteiger partial charge in [-0.15, -0.1) is 0 Å². The molecule has 4 rings (SSSR count). The summed E-state index contributed by atoms with van der Waals surface area (Å²) in [5.41, 5.74) is 4.54. The molecule has 2 aromatic heterocycles. The third-order valence-electron chi connectivity index (χ3n) is 5.28. The van der Waals surface area contributed by atoms with Crippen LogP contribution in [0.15, 0.2) is 59.7 Å².